The van der Waals surface area contributed by atoms with Crippen molar-refractivity contribution in [3.63, 3.8) is 0 Å². The highest BCUT2D eigenvalue weighted by molar-refractivity contribution is 5.93. The summed E-state index contributed by atoms with van der Waals surface area (Å²) in [6.45, 7) is 4.51. The van der Waals surface area contributed by atoms with Gasteiger partial charge >= 0.3 is 0 Å². The molecule has 0 amide bonds. The molecule has 3 aromatic heterocycles. The van der Waals surface area contributed by atoms with Crippen molar-refractivity contribution in [3.8, 4) is 11.1 Å². The molecule has 0 aliphatic carbocycles. The molecule has 0 saturated carbocycles. The first-order valence-corrected chi connectivity index (χ1v) is 7.76. The van der Waals surface area contributed by atoms with Crippen LogP contribution in [-0.2, 0) is 6.54 Å². The molecule has 0 unspecified atom stereocenters. The van der Waals surface area contributed by atoms with Crippen LogP contribution < -0.4 is 5.32 Å². The highest BCUT2D eigenvalue weighted by Crippen LogP contribution is 2.33. The lowest BCUT2D eigenvalue weighted by molar-refractivity contribution is 0.393. The van der Waals surface area contributed by atoms with Crippen LogP contribution in [0.25, 0.3) is 22.2 Å². The Morgan fingerprint density at radius 3 is 2.83 bits per heavy atom. The molecule has 120 valence electrons. The van der Waals surface area contributed by atoms with Crippen molar-refractivity contribution in [1.82, 2.24) is 20.1 Å². The molecule has 3 heterocycles. The third kappa shape index (κ3) is 2.52. The van der Waals surface area contributed by atoms with Gasteiger partial charge in [-0.05, 0) is 43.7 Å². The first-order valence-electron chi connectivity index (χ1n) is 7.76. The number of fused-ring (bicyclic) bond motifs is 1. The molecular formula is C18H17N5O. The number of aromatic nitrogens is 4. The summed E-state index contributed by atoms with van der Waals surface area (Å²) in [7, 11) is 0. The van der Waals surface area contributed by atoms with Gasteiger partial charge in [-0.15, -0.1) is 0 Å². The number of benzene rings is 1. The number of nitrogens with one attached hydrogen (secondary N) is 2. The highest BCUT2D eigenvalue weighted by atomic mass is 16.5. The summed E-state index contributed by atoms with van der Waals surface area (Å²) in [6.07, 6.45) is 3.50. The van der Waals surface area contributed by atoms with Crippen LogP contribution >= 0.6 is 0 Å². The minimum atomic E-state index is 0.633. The number of hydrogen-bond acceptors (Lipinski definition) is 5. The van der Waals surface area contributed by atoms with E-state index in [-0.39, 0.29) is 0 Å². The van der Waals surface area contributed by atoms with Gasteiger partial charge in [0.25, 0.3) is 0 Å². The Balaban J connectivity index is 1.75. The molecule has 0 aliphatic rings. The van der Waals surface area contributed by atoms with E-state index in [1.54, 1.807) is 12.5 Å². The molecule has 4 rings (SSSR count). The Labute approximate surface area is 138 Å². The number of rotatable bonds is 4. The van der Waals surface area contributed by atoms with Gasteiger partial charge in [-0.25, -0.2) is 4.98 Å². The molecule has 0 atom stereocenters. The topological polar surface area (TPSA) is 79.6 Å². The molecule has 0 aliphatic heterocycles. The zero-order valence-corrected chi connectivity index (χ0v) is 13.5. The van der Waals surface area contributed by atoms with E-state index in [1.807, 2.05) is 32.0 Å². The van der Waals surface area contributed by atoms with Gasteiger partial charge in [-0.1, -0.05) is 11.2 Å². The van der Waals surface area contributed by atoms with Crippen molar-refractivity contribution in [2.75, 3.05) is 5.32 Å². The van der Waals surface area contributed by atoms with Gasteiger partial charge < -0.3 is 14.8 Å². The third-order valence-electron chi connectivity index (χ3n) is 4.03. The predicted molar refractivity (Wildman–Crippen MR) is 92.6 cm³/mol. The maximum atomic E-state index is 5.31. The second kappa shape index (κ2) is 5.81. The van der Waals surface area contributed by atoms with E-state index in [1.165, 1.54) is 0 Å². The van der Waals surface area contributed by atoms with Crippen molar-refractivity contribution in [1.29, 1.82) is 0 Å². The fourth-order valence-electron chi connectivity index (χ4n) is 2.91. The fourth-order valence-corrected chi connectivity index (χ4v) is 2.91. The first kappa shape index (κ1) is 14.4. The predicted octanol–water partition coefficient (Wildman–Crippen LogP) is 3.84. The zero-order valence-electron chi connectivity index (χ0n) is 13.5. The largest absolute Gasteiger partial charge is 0.378 e. The van der Waals surface area contributed by atoms with E-state index in [0.717, 1.165) is 45.0 Å². The van der Waals surface area contributed by atoms with Crippen LogP contribution in [-0.4, -0.2) is 20.1 Å². The number of H-pyrrole nitrogens is 1. The number of nitrogens with zero attached hydrogens (tertiary/aromatic N) is 3. The molecule has 0 radical (unpaired) electrons. The van der Waals surface area contributed by atoms with Crippen LogP contribution in [0.4, 0.5) is 5.69 Å². The van der Waals surface area contributed by atoms with Gasteiger partial charge in [-0.3, -0.25) is 4.98 Å². The molecule has 0 fully saturated rings. The second-order valence-corrected chi connectivity index (χ2v) is 5.70. The maximum Gasteiger partial charge on any atom is 0.141 e. The fraction of sp³-hybridized carbons (Fsp3) is 0.167. The van der Waals surface area contributed by atoms with Crippen molar-refractivity contribution in [2.24, 2.45) is 0 Å². The summed E-state index contributed by atoms with van der Waals surface area (Å²) < 4.78 is 5.31. The first-order chi connectivity index (χ1) is 11.7. The molecule has 0 saturated heterocycles. The number of anilines is 1. The van der Waals surface area contributed by atoms with Crippen molar-refractivity contribution < 1.29 is 4.52 Å². The average molecular weight is 319 g/mol. The van der Waals surface area contributed by atoms with E-state index in [4.69, 9.17) is 4.52 Å². The van der Waals surface area contributed by atoms with Gasteiger partial charge in [0.2, 0.25) is 0 Å². The van der Waals surface area contributed by atoms with E-state index >= 15 is 0 Å². The van der Waals surface area contributed by atoms with Gasteiger partial charge in [0.15, 0.2) is 0 Å². The number of imidazole rings is 1. The van der Waals surface area contributed by atoms with Crippen molar-refractivity contribution in [2.45, 2.75) is 20.4 Å². The van der Waals surface area contributed by atoms with Crippen molar-refractivity contribution in [3.05, 3.63) is 60.0 Å². The van der Waals surface area contributed by atoms with Crippen LogP contribution in [0.3, 0.4) is 0 Å². The number of aromatic amines is 1. The Morgan fingerprint density at radius 1 is 1.17 bits per heavy atom. The molecule has 0 spiro atoms. The van der Waals surface area contributed by atoms with Gasteiger partial charge in [0.1, 0.15) is 11.3 Å². The summed E-state index contributed by atoms with van der Waals surface area (Å²) in [5, 5.41) is 7.49. The smallest absolute Gasteiger partial charge is 0.141 e. The van der Waals surface area contributed by atoms with E-state index in [0.29, 0.717) is 6.54 Å². The highest BCUT2D eigenvalue weighted by Gasteiger charge is 2.15. The summed E-state index contributed by atoms with van der Waals surface area (Å²) in [4.78, 5) is 11.9. The van der Waals surface area contributed by atoms with Gasteiger partial charge in [0.05, 0.1) is 35.5 Å². The Hall–Kier alpha value is -3.15. The van der Waals surface area contributed by atoms with Crippen LogP contribution in [0.5, 0.6) is 0 Å². The molecule has 6 heteroatoms. The zero-order chi connectivity index (χ0) is 16.5. The quantitative estimate of drug-likeness (QED) is 0.597. The van der Waals surface area contributed by atoms with Crippen LogP contribution in [0.1, 0.15) is 17.1 Å². The summed E-state index contributed by atoms with van der Waals surface area (Å²) in [5.74, 6) is 0.807. The monoisotopic (exact) mass is 319 g/mol. The molecule has 6 nitrogen and oxygen atoms in total. The second-order valence-electron chi connectivity index (χ2n) is 5.70. The lowest BCUT2D eigenvalue weighted by Crippen LogP contribution is -2.02. The molecule has 1 aromatic carbocycles. The maximum absolute atomic E-state index is 5.31. The number of hydrogen-bond donors (Lipinski definition) is 2. The third-order valence-corrected chi connectivity index (χ3v) is 4.03. The minimum Gasteiger partial charge on any atom is -0.378 e. The van der Waals surface area contributed by atoms with Crippen LogP contribution in [0.15, 0.2) is 47.4 Å². The van der Waals surface area contributed by atoms with Crippen LogP contribution in [0.2, 0.25) is 0 Å². The normalized spacial score (nSPS) is 11.1. The summed E-state index contributed by atoms with van der Waals surface area (Å²) in [6, 6.07) is 10.0. The Kier molecular flexibility index (Phi) is 3.49. The molecule has 24 heavy (non-hydrogen) atoms. The van der Waals surface area contributed by atoms with E-state index in [2.05, 4.69) is 37.6 Å². The minimum absolute atomic E-state index is 0.633. The van der Waals surface area contributed by atoms with E-state index < -0.39 is 0 Å². The number of aryl methyl sites for hydroxylation is 2. The van der Waals surface area contributed by atoms with Gasteiger partial charge in [-0.2, -0.15) is 0 Å². The summed E-state index contributed by atoms with van der Waals surface area (Å²) in [5.41, 5.74) is 6.75. The molecular weight excluding hydrogens is 302 g/mol. The average Bonchev–Trinajstić information content (AvgIpc) is 3.20. The van der Waals surface area contributed by atoms with Crippen molar-refractivity contribution >= 4 is 16.7 Å². The number of pyridine rings is 1. The molecule has 4 aromatic rings. The van der Waals surface area contributed by atoms with Gasteiger partial charge in [0, 0.05) is 11.8 Å². The Morgan fingerprint density at radius 2 is 2.08 bits per heavy atom. The lowest BCUT2D eigenvalue weighted by Gasteiger charge is -2.09. The van der Waals surface area contributed by atoms with Crippen LogP contribution in [0, 0.1) is 13.8 Å². The molecule has 0 bridgehead atoms. The Bertz CT molecular complexity index is 968. The summed E-state index contributed by atoms with van der Waals surface area (Å²) >= 11 is 0. The SMILES string of the molecule is Cc1noc(C)c1-c1cc(NCc2ccccn2)c2nc[nH]c2c1. The standard InChI is InChI=1S/C18H17N5O/c1-11-17(12(2)24-23-11)13-7-15(18-16(8-13)21-10-22-18)20-9-14-5-3-4-6-19-14/h3-8,10,20H,9H2,1-2H3,(H,21,22). The lowest BCUT2D eigenvalue weighted by atomic mass is 10.0. The molecule has 2 N–H and O–H groups in total. The van der Waals surface area contributed by atoms with E-state index in [9.17, 15) is 0 Å².